The number of halogens is 1. The number of nitrogens with one attached hydrogen (secondary N) is 1. The first-order chi connectivity index (χ1) is 12.9. The smallest absolute Gasteiger partial charge is 0.338 e. The molecule has 0 bridgehead atoms. The van der Waals surface area contributed by atoms with Crippen LogP contribution < -0.4 is 5.32 Å². The van der Waals surface area contributed by atoms with Crippen LogP contribution in [0, 0.1) is 0 Å². The van der Waals surface area contributed by atoms with Crippen LogP contribution in [0.25, 0.3) is 0 Å². The summed E-state index contributed by atoms with van der Waals surface area (Å²) in [5, 5.41) is 12.2. The van der Waals surface area contributed by atoms with Crippen LogP contribution in [0.2, 0.25) is 5.02 Å². The molecule has 2 aromatic rings. The highest BCUT2D eigenvalue weighted by atomic mass is 35.5. The zero-order chi connectivity index (χ0) is 19.4. The monoisotopic (exact) mass is 391 g/mol. The summed E-state index contributed by atoms with van der Waals surface area (Å²) in [4.78, 5) is 39.0. The minimum Gasteiger partial charge on any atom is -0.478 e. The molecular weight excluding hydrogens is 374 g/mol. The lowest BCUT2D eigenvalue weighted by atomic mass is 10.3. The van der Waals surface area contributed by atoms with Crippen molar-refractivity contribution in [1.82, 2.24) is 9.80 Å². The Morgan fingerprint density at radius 1 is 1.07 bits per heavy atom. The van der Waals surface area contributed by atoms with Crippen molar-refractivity contribution >= 4 is 35.2 Å². The molecule has 3 rings (SSSR count). The van der Waals surface area contributed by atoms with Gasteiger partial charge in [0.25, 0.3) is 5.91 Å². The molecule has 0 radical (unpaired) electrons. The number of urea groups is 1. The summed E-state index contributed by atoms with van der Waals surface area (Å²) in [5.41, 5.74) is 0.525. The van der Waals surface area contributed by atoms with Gasteiger partial charge < -0.3 is 24.6 Å². The molecule has 0 spiro atoms. The first-order valence-corrected chi connectivity index (χ1v) is 8.74. The minimum absolute atomic E-state index is 0.0239. The van der Waals surface area contributed by atoms with Crippen molar-refractivity contribution in [3.8, 4) is 0 Å². The van der Waals surface area contributed by atoms with Gasteiger partial charge in [-0.3, -0.25) is 4.79 Å². The van der Waals surface area contributed by atoms with Crippen molar-refractivity contribution in [2.24, 2.45) is 0 Å². The molecule has 1 aromatic carbocycles. The molecule has 0 atom stereocenters. The third-order valence-corrected chi connectivity index (χ3v) is 4.44. The number of carboxylic acid groups (broad SMARTS) is 1. The first kappa shape index (κ1) is 18.8. The second kappa shape index (κ2) is 8.13. The molecule has 1 aliphatic rings. The number of amides is 3. The van der Waals surface area contributed by atoms with Crippen LogP contribution in [0.1, 0.15) is 27.3 Å². The Kier molecular flexibility index (Phi) is 5.66. The van der Waals surface area contributed by atoms with E-state index in [1.54, 1.807) is 34.1 Å². The van der Waals surface area contributed by atoms with Crippen LogP contribution in [0.15, 0.2) is 41.0 Å². The molecule has 0 aliphatic carbocycles. The van der Waals surface area contributed by atoms with Crippen molar-refractivity contribution in [2.75, 3.05) is 31.5 Å². The van der Waals surface area contributed by atoms with Gasteiger partial charge in [-0.05, 0) is 24.6 Å². The van der Waals surface area contributed by atoms with Gasteiger partial charge in [-0.1, -0.05) is 17.7 Å². The van der Waals surface area contributed by atoms with Gasteiger partial charge in [0.1, 0.15) is 6.26 Å². The Labute approximate surface area is 160 Å². The summed E-state index contributed by atoms with van der Waals surface area (Å²) in [6, 6.07) is 7.81. The highest BCUT2D eigenvalue weighted by molar-refractivity contribution is 6.30. The zero-order valence-electron chi connectivity index (χ0n) is 14.4. The number of aromatic carboxylic acids is 1. The Morgan fingerprint density at radius 2 is 1.81 bits per heavy atom. The molecule has 9 heteroatoms. The number of carbonyl (C=O) groups excluding carboxylic acids is 2. The lowest BCUT2D eigenvalue weighted by Crippen LogP contribution is -2.39. The van der Waals surface area contributed by atoms with Crippen LogP contribution in [0.4, 0.5) is 10.5 Å². The molecular formula is C18H18ClN3O5. The maximum atomic E-state index is 12.5. The molecule has 27 heavy (non-hydrogen) atoms. The van der Waals surface area contributed by atoms with E-state index in [1.165, 1.54) is 6.07 Å². The van der Waals surface area contributed by atoms with Crippen LogP contribution in [-0.2, 0) is 0 Å². The largest absolute Gasteiger partial charge is 0.478 e. The van der Waals surface area contributed by atoms with E-state index in [2.05, 4.69) is 5.32 Å². The second-order valence-electron chi connectivity index (χ2n) is 6.08. The number of furan rings is 1. The predicted octanol–water partition coefficient (Wildman–Crippen LogP) is 3.01. The van der Waals surface area contributed by atoms with Crippen molar-refractivity contribution in [1.29, 1.82) is 0 Å². The normalized spacial score (nSPS) is 14.6. The highest BCUT2D eigenvalue weighted by Gasteiger charge is 2.25. The van der Waals surface area contributed by atoms with Gasteiger partial charge in [0, 0.05) is 43.0 Å². The van der Waals surface area contributed by atoms with E-state index in [0.717, 1.165) is 6.26 Å². The average Bonchev–Trinajstić information content (AvgIpc) is 2.99. The van der Waals surface area contributed by atoms with Crippen molar-refractivity contribution in [3.05, 3.63) is 52.9 Å². The van der Waals surface area contributed by atoms with Crippen molar-refractivity contribution in [2.45, 2.75) is 6.42 Å². The molecule has 2 N–H and O–H groups in total. The Hall–Kier alpha value is -3.00. The lowest BCUT2D eigenvalue weighted by molar-refractivity contribution is 0.0694. The van der Waals surface area contributed by atoms with Crippen LogP contribution >= 0.6 is 11.6 Å². The van der Waals surface area contributed by atoms with Crippen LogP contribution in [0.3, 0.4) is 0 Å². The SMILES string of the molecule is O=C(O)c1coc(C(=O)N2CCCN(C(=O)Nc3cccc(Cl)c3)CC2)c1. The molecule has 2 heterocycles. The summed E-state index contributed by atoms with van der Waals surface area (Å²) in [5.74, 6) is -1.57. The molecule has 0 saturated carbocycles. The maximum absolute atomic E-state index is 12.5. The molecule has 3 amide bonds. The van der Waals surface area contributed by atoms with E-state index < -0.39 is 5.97 Å². The zero-order valence-corrected chi connectivity index (χ0v) is 15.1. The van der Waals surface area contributed by atoms with E-state index in [0.29, 0.717) is 43.3 Å². The standard InChI is InChI=1S/C18H18ClN3O5/c19-13-3-1-4-14(10-13)20-18(26)22-6-2-5-21(7-8-22)16(23)15-9-12(11-27-15)17(24)25/h1,3-4,9-11H,2,5-8H2,(H,20,26)(H,24,25). The quantitative estimate of drug-likeness (QED) is 0.837. The van der Waals surface area contributed by atoms with Gasteiger partial charge >= 0.3 is 12.0 Å². The van der Waals surface area contributed by atoms with E-state index in [-0.39, 0.29) is 23.3 Å². The topological polar surface area (TPSA) is 103 Å². The van der Waals surface area contributed by atoms with E-state index in [1.807, 2.05) is 0 Å². The molecule has 142 valence electrons. The van der Waals surface area contributed by atoms with Crippen molar-refractivity contribution in [3.63, 3.8) is 0 Å². The molecule has 1 aliphatic heterocycles. The van der Waals surface area contributed by atoms with E-state index >= 15 is 0 Å². The van der Waals surface area contributed by atoms with E-state index in [9.17, 15) is 14.4 Å². The van der Waals surface area contributed by atoms with Gasteiger partial charge in [0.15, 0.2) is 5.76 Å². The second-order valence-corrected chi connectivity index (χ2v) is 6.51. The fourth-order valence-corrected chi connectivity index (χ4v) is 3.00. The fraction of sp³-hybridized carbons (Fsp3) is 0.278. The first-order valence-electron chi connectivity index (χ1n) is 8.36. The predicted molar refractivity (Wildman–Crippen MR) is 98.2 cm³/mol. The number of carbonyl (C=O) groups is 3. The Balaban J connectivity index is 1.60. The number of anilines is 1. The van der Waals surface area contributed by atoms with Gasteiger partial charge in [0.05, 0.1) is 5.56 Å². The fourth-order valence-electron chi connectivity index (χ4n) is 2.81. The van der Waals surface area contributed by atoms with Crippen LogP contribution in [-0.4, -0.2) is 59.0 Å². The van der Waals surface area contributed by atoms with Gasteiger partial charge in [-0.25, -0.2) is 9.59 Å². The van der Waals surface area contributed by atoms with Gasteiger partial charge in [0.2, 0.25) is 0 Å². The highest BCUT2D eigenvalue weighted by Crippen LogP contribution is 2.17. The average molecular weight is 392 g/mol. The molecule has 0 unspecified atom stereocenters. The summed E-state index contributed by atoms with van der Waals surface area (Å²) < 4.78 is 5.07. The summed E-state index contributed by atoms with van der Waals surface area (Å²) in [6.07, 6.45) is 1.64. The minimum atomic E-state index is -1.16. The number of rotatable bonds is 3. The molecule has 8 nitrogen and oxygen atoms in total. The number of hydrogen-bond donors (Lipinski definition) is 2. The lowest BCUT2D eigenvalue weighted by Gasteiger charge is -2.22. The van der Waals surface area contributed by atoms with Gasteiger partial charge in [-0.2, -0.15) is 0 Å². The van der Waals surface area contributed by atoms with Gasteiger partial charge in [-0.15, -0.1) is 0 Å². The summed E-state index contributed by atoms with van der Waals surface area (Å²) in [7, 11) is 0. The number of carboxylic acids is 1. The molecule has 1 fully saturated rings. The Bertz CT molecular complexity index is 866. The number of hydrogen-bond acceptors (Lipinski definition) is 4. The van der Waals surface area contributed by atoms with E-state index in [4.69, 9.17) is 21.1 Å². The number of nitrogens with zero attached hydrogens (tertiary/aromatic N) is 2. The summed E-state index contributed by atoms with van der Waals surface area (Å²) in [6.45, 7) is 1.62. The van der Waals surface area contributed by atoms with Crippen LogP contribution in [0.5, 0.6) is 0 Å². The maximum Gasteiger partial charge on any atom is 0.338 e. The number of benzene rings is 1. The third kappa shape index (κ3) is 4.59. The molecule has 1 aromatic heterocycles. The van der Waals surface area contributed by atoms with Crippen molar-refractivity contribution < 1.29 is 23.9 Å². The molecule has 1 saturated heterocycles. The third-order valence-electron chi connectivity index (χ3n) is 4.20. The Morgan fingerprint density at radius 3 is 2.52 bits per heavy atom. The summed E-state index contributed by atoms with van der Waals surface area (Å²) >= 11 is 5.92.